The smallest absolute Gasteiger partial charge is 0.293 e. The van der Waals surface area contributed by atoms with E-state index in [-0.39, 0.29) is 11.5 Å². The second-order valence-corrected chi connectivity index (χ2v) is 6.60. The van der Waals surface area contributed by atoms with Crippen LogP contribution in [0.25, 0.3) is 0 Å². The van der Waals surface area contributed by atoms with E-state index in [0.717, 1.165) is 6.42 Å². The molecule has 0 aromatic heterocycles. The van der Waals surface area contributed by atoms with E-state index in [1.54, 1.807) is 36.4 Å². The number of rotatable bonds is 4. The Morgan fingerprint density at radius 2 is 1.59 bits per heavy atom. The molecular formula is C22H18N2O3. The number of anilines is 1. The monoisotopic (exact) mass is 358 g/mol. The molecule has 1 heterocycles. The second kappa shape index (κ2) is 7.03. The third-order valence-electron chi connectivity index (χ3n) is 4.94. The van der Waals surface area contributed by atoms with Crippen molar-refractivity contribution < 1.29 is 9.72 Å². The lowest BCUT2D eigenvalue weighted by Gasteiger charge is -2.30. The van der Waals surface area contributed by atoms with Crippen LogP contribution in [0, 0.1) is 10.1 Å². The molecule has 0 bridgehead atoms. The van der Waals surface area contributed by atoms with E-state index in [1.807, 2.05) is 23.1 Å². The number of carbonyl (C=O) groups excluding carboxylic acids is 1. The van der Waals surface area contributed by atoms with Crippen molar-refractivity contribution in [3.05, 3.63) is 105 Å². The lowest BCUT2D eigenvalue weighted by Crippen LogP contribution is -2.30. The average Bonchev–Trinajstić information content (AvgIpc) is 2.73. The minimum atomic E-state index is -0.405. The summed E-state index contributed by atoms with van der Waals surface area (Å²) in [5.74, 6) is -0.214. The Labute approximate surface area is 157 Å². The number of nitrogens with zero attached hydrogens (tertiary/aromatic N) is 2. The van der Waals surface area contributed by atoms with Gasteiger partial charge in [0.05, 0.1) is 4.92 Å². The number of fused-ring (bicyclic) bond motifs is 1. The maximum atomic E-state index is 12.6. The van der Waals surface area contributed by atoms with Gasteiger partial charge < -0.3 is 4.90 Å². The number of hydrogen-bond acceptors (Lipinski definition) is 4. The zero-order chi connectivity index (χ0) is 18.8. The van der Waals surface area contributed by atoms with Crippen molar-refractivity contribution in [2.24, 2.45) is 0 Å². The van der Waals surface area contributed by atoms with Crippen molar-refractivity contribution in [3.63, 3.8) is 0 Å². The Balaban J connectivity index is 1.68. The average molecular weight is 358 g/mol. The lowest BCUT2D eigenvalue weighted by atomic mass is 9.98. The standard InChI is InChI=1S/C22H18N2O3/c25-22(17-7-2-1-3-8-17)18-10-11-20(21(14-18)24(26)27)23-13-12-16-6-4-5-9-19(16)15-23/h1-11,14H,12-13,15H2. The number of nitro groups is 1. The molecule has 0 fully saturated rings. The van der Waals surface area contributed by atoms with Crippen molar-refractivity contribution in [1.29, 1.82) is 0 Å². The lowest BCUT2D eigenvalue weighted by molar-refractivity contribution is -0.384. The van der Waals surface area contributed by atoms with Gasteiger partial charge in [-0.25, -0.2) is 0 Å². The fourth-order valence-electron chi connectivity index (χ4n) is 3.54. The Morgan fingerprint density at radius 1 is 0.889 bits per heavy atom. The van der Waals surface area contributed by atoms with Crippen LogP contribution in [0.3, 0.4) is 0 Å². The molecule has 0 spiro atoms. The minimum Gasteiger partial charge on any atom is -0.361 e. The van der Waals surface area contributed by atoms with Gasteiger partial charge in [0.15, 0.2) is 5.78 Å². The number of benzene rings is 3. The summed E-state index contributed by atoms with van der Waals surface area (Å²) in [6.45, 7) is 1.34. The zero-order valence-electron chi connectivity index (χ0n) is 14.7. The molecule has 5 nitrogen and oxygen atoms in total. The normalized spacial score (nSPS) is 13.1. The van der Waals surface area contributed by atoms with Crippen LogP contribution in [-0.4, -0.2) is 17.3 Å². The van der Waals surface area contributed by atoms with Crippen LogP contribution in [0.4, 0.5) is 11.4 Å². The van der Waals surface area contributed by atoms with Gasteiger partial charge in [0.25, 0.3) is 5.69 Å². The predicted octanol–water partition coefficient (Wildman–Crippen LogP) is 4.39. The van der Waals surface area contributed by atoms with Gasteiger partial charge in [0, 0.05) is 30.3 Å². The molecule has 5 heteroatoms. The van der Waals surface area contributed by atoms with E-state index in [0.29, 0.717) is 29.9 Å². The van der Waals surface area contributed by atoms with Gasteiger partial charge in [-0.15, -0.1) is 0 Å². The topological polar surface area (TPSA) is 63.5 Å². The van der Waals surface area contributed by atoms with Crippen molar-refractivity contribution in [3.8, 4) is 0 Å². The molecule has 0 radical (unpaired) electrons. The van der Waals surface area contributed by atoms with Gasteiger partial charge in [0.2, 0.25) is 0 Å². The molecule has 27 heavy (non-hydrogen) atoms. The van der Waals surface area contributed by atoms with E-state index in [1.165, 1.54) is 17.2 Å². The Bertz CT molecular complexity index is 1020. The first-order valence-electron chi connectivity index (χ1n) is 8.83. The minimum absolute atomic E-state index is 0.0313. The highest BCUT2D eigenvalue weighted by Gasteiger charge is 2.25. The first-order valence-corrected chi connectivity index (χ1v) is 8.83. The highest BCUT2D eigenvalue weighted by molar-refractivity contribution is 6.09. The van der Waals surface area contributed by atoms with Gasteiger partial charge in [-0.05, 0) is 29.7 Å². The fraction of sp³-hybridized carbons (Fsp3) is 0.136. The summed E-state index contributed by atoms with van der Waals surface area (Å²) in [7, 11) is 0. The van der Waals surface area contributed by atoms with E-state index in [4.69, 9.17) is 0 Å². The number of hydrogen-bond donors (Lipinski definition) is 0. The molecule has 0 unspecified atom stereocenters. The number of nitro benzene ring substituents is 1. The van der Waals surface area contributed by atoms with E-state index >= 15 is 0 Å². The molecule has 0 atom stereocenters. The molecule has 4 rings (SSSR count). The third kappa shape index (κ3) is 3.31. The Kier molecular flexibility index (Phi) is 4.42. The molecule has 3 aromatic rings. The molecular weight excluding hydrogens is 340 g/mol. The molecule has 1 aliphatic heterocycles. The first kappa shape index (κ1) is 17.0. The van der Waals surface area contributed by atoms with Crippen LogP contribution >= 0.6 is 0 Å². The summed E-state index contributed by atoms with van der Waals surface area (Å²) < 4.78 is 0. The van der Waals surface area contributed by atoms with Crippen LogP contribution < -0.4 is 4.90 Å². The van der Waals surface area contributed by atoms with E-state index in [9.17, 15) is 14.9 Å². The number of ketones is 1. The molecule has 0 saturated heterocycles. The summed E-state index contributed by atoms with van der Waals surface area (Å²) in [5.41, 5.74) is 3.84. The molecule has 0 aliphatic carbocycles. The van der Waals surface area contributed by atoms with Gasteiger partial charge in [-0.2, -0.15) is 0 Å². The first-order chi connectivity index (χ1) is 13.1. The summed E-state index contributed by atoms with van der Waals surface area (Å²) in [6.07, 6.45) is 0.845. The molecule has 134 valence electrons. The highest BCUT2D eigenvalue weighted by atomic mass is 16.6. The van der Waals surface area contributed by atoms with Crippen LogP contribution in [0.5, 0.6) is 0 Å². The van der Waals surface area contributed by atoms with E-state index in [2.05, 4.69) is 12.1 Å². The van der Waals surface area contributed by atoms with Gasteiger partial charge in [-0.1, -0.05) is 54.6 Å². The molecule has 0 amide bonds. The van der Waals surface area contributed by atoms with E-state index < -0.39 is 4.92 Å². The van der Waals surface area contributed by atoms with Gasteiger partial charge in [-0.3, -0.25) is 14.9 Å². The second-order valence-electron chi connectivity index (χ2n) is 6.60. The van der Waals surface area contributed by atoms with Crippen LogP contribution in [0.1, 0.15) is 27.0 Å². The molecule has 3 aromatic carbocycles. The van der Waals surface area contributed by atoms with Gasteiger partial charge >= 0.3 is 0 Å². The maximum Gasteiger partial charge on any atom is 0.293 e. The third-order valence-corrected chi connectivity index (χ3v) is 4.94. The summed E-state index contributed by atoms with van der Waals surface area (Å²) in [4.78, 5) is 25.9. The molecule has 0 saturated carbocycles. The van der Waals surface area contributed by atoms with Crippen LogP contribution in [-0.2, 0) is 13.0 Å². The Hall–Kier alpha value is -3.47. The van der Waals surface area contributed by atoms with Crippen molar-refractivity contribution in [1.82, 2.24) is 0 Å². The Morgan fingerprint density at radius 3 is 2.33 bits per heavy atom. The predicted molar refractivity (Wildman–Crippen MR) is 104 cm³/mol. The van der Waals surface area contributed by atoms with Crippen LogP contribution in [0.15, 0.2) is 72.8 Å². The van der Waals surface area contributed by atoms with Gasteiger partial charge in [0.1, 0.15) is 5.69 Å². The molecule has 0 N–H and O–H groups in total. The van der Waals surface area contributed by atoms with Crippen molar-refractivity contribution in [2.45, 2.75) is 13.0 Å². The van der Waals surface area contributed by atoms with Crippen molar-refractivity contribution in [2.75, 3.05) is 11.4 Å². The SMILES string of the molecule is O=C(c1ccccc1)c1ccc(N2CCc3ccccc3C2)c([N+](=O)[O-])c1. The van der Waals surface area contributed by atoms with Crippen LogP contribution in [0.2, 0.25) is 0 Å². The fourth-order valence-corrected chi connectivity index (χ4v) is 3.54. The highest BCUT2D eigenvalue weighted by Crippen LogP contribution is 2.33. The van der Waals surface area contributed by atoms with Crippen molar-refractivity contribution >= 4 is 17.2 Å². The number of carbonyl (C=O) groups is 1. The maximum absolute atomic E-state index is 12.6. The quantitative estimate of drug-likeness (QED) is 0.394. The molecule has 1 aliphatic rings. The summed E-state index contributed by atoms with van der Waals surface area (Å²) >= 11 is 0. The largest absolute Gasteiger partial charge is 0.361 e. The zero-order valence-corrected chi connectivity index (χ0v) is 14.7. The summed E-state index contributed by atoms with van der Waals surface area (Å²) in [6, 6.07) is 21.7. The summed E-state index contributed by atoms with van der Waals surface area (Å²) in [5, 5.41) is 11.7.